The van der Waals surface area contributed by atoms with Gasteiger partial charge < -0.3 is 15.2 Å². The third-order valence-corrected chi connectivity index (χ3v) is 3.48. The number of rotatable bonds is 4. The first-order valence-electron chi connectivity index (χ1n) is 5.75. The van der Waals surface area contributed by atoms with Gasteiger partial charge in [0.1, 0.15) is 5.69 Å². The molecule has 0 aliphatic heterocycles. The third kappa shape index (κ3) is 3.42. The second-order valence-corrected chi connectivity index (χ2v) is 5.63. The fourth-order valence-corrected chi connectivity index (χ4v) is 2.09. The van der Waals surface area contributed by atoms with Crippen molar-refractivity contribution in [2.24, 2.45) is 5.14 Å². The van der Waals surface area contributed by atoms with Crippen molar-refractivity contribution in [3.63, 3.8) is 0 Å². The topological polar surface area (TPSA) is 155 Å². The van der Waals surface area contributed by atoms with Crippen LogP contribution in [0, 0.1) is 0 Å². The molecule has 10 heteroatoms. The Balaban J connectivity index is 2.25. The number of sulfonamides is 1. The Hall–Kier alpha value is -2.85. The molecule has 9 nitrogen and oxygen atoms in total. The van der Waals surface area contributed by atoms with E-state index < -0.39 is 33.3 Å². The Bertz CT molecular complexity index is 833. The SMILES string of the molecule is NS(=O)(=O)c1ccc(NC(=O)c2nccnc2C(=O)[O-])cc1. The summed E-state index contributed by atoms with van der Waals surface area (Å²) >= 11 is 0. The van der Waals surface area contributed by atoms with Crippen molar-refractivity contribution in [1.82, 2.24) is 9.97 Å². The first-order chi connectivity index (χ1) is 10.3. The Morgan fingerprint density at radius 2 is 1.59 bits per heavy atom. The Labute approximate surface area is 124 Å². The van der Waals surface area contributed by atoms with Crippen LogP contribution >= 0.6 is 0 Å². The molecule has 1 amide bonds. The summed E-state index contributed by atoms with van der Waals surface area (Å²) in [5.74, 6) is -2.46. The average molecular weight is 321 g/mol. The molecule has 2 rings (SSSR count). The number of aromatic carboxylic acids is 1. The van der Waals surface area contributed by atoms with E-state index >= 15 is 0 Å². The number of carboxylic acid groups (broad SMARTS) is 1. The van der Waals surface area contributed by atoms with Crippen LogP contribution in [-0.2, 0) is 10.0 Å². The molecule has 3 N–H and O–H groups in total. The predicted molar refractivity (Wildman–Crippen MR) is 72.1 cm³/mol. The summed E-state index contributed by atoms with van der Waals surface area (Å²) in [6.45, 7) is 0. The highest BCUT2D eigenvalue weighted by Crippen LogP contribution is 2.14. The van der Waals surface area contributed by atoms with Crippen molar-refractivity contribution < 1.29 is 23.1 Å². The molecule has 0 unspecified atom stereocenters. The predicted octanol–water partition coefficient (Wildman–Crippen LogP) is -1.26. The molecule has 0 fully saturated rings. The maximum absolute atomic E-state index is 12.0. The largest absolute Gasteiger partial charge is 0.543 e. The zero-order valence-electron chi connectivity index (χ0n) is 10.9. The van der Waals surface area contributed by atoms with Crippen molar-refractivity contribution in [2.45, 2.75) is 4.90 Å². The number of amides is 1. The molecule has 1 heterocycles. The number of anilines is 1. The molecular formula is C12H9N4O5S-. The quantitative estimate of drug-likeness (QED) is 0.711. The van der Waals surface area contributed by atoms with Gasteiger partial charge in [-0.1, -0.05) is 0 Å². The van der Waals surface area contributed by atoms with Crippen LogP contribution in [0.1, 0.15) is 21.0 Å². The van der Waals surface area contributed by atoms with Gasteiger partial charge in [-0.2, -0.15) is 0 Å². The summed E-state index contributed by atoms with van der Waals surface area (Å²) in [4.78, 5) is 29.9. The molecular weight excluding hydrogens is 312 g/mol. The lowest BCUT2D eigenvalue weighted by Gasteiger charge is -2.09. The van der Waals surface area contributed by atoms with E-state index in [1.807, 2.05) is 0 Å². The van der Waals surface area contributed by atoms with E-state index in [1.165, 1.54) is 24.3 Å². The standard InChI is InChI=1S/C12H10N4O5S/c13-22(20,21)8-3-1-7(2-4-8)16-11(17)9-10(12(18)19)15-6-5-14-9/h1-6H,(H,16,17)(H,18,19)(H2,13,20,21)/p-1. The number of carbonyl (C=O) groups is 2. The number of nitrogens with two attached hydrogens (primary N) is 1. The molecule has 0 bridgehead atoms. The molecule has 0 spiro atoms. The van der Waals surface area contributed by atoms with Crippen LogP contribution in [0.3, 0.4) is 0 Å². The van der Waals surface area contributed by atoms with E-state index in [0.29, 0.717) is 0 Å². The van der Waals surface area contributed by atoms with Gasteiger partial charge in [-0.3, -0.25) is 9.78 Å². The molecule has 0 radical (unpaired) electrons. The molecule has 1 aromatic heterocycles. The minimum absolute atomic E-state index is 0.125. The Kier molecular flexibility index (Phi) is 4.15. The van der Waals surface area contributed by atoms with E-state index in [0.717, 1.165) is 12.4 Å². The smallest absolute Gasteiger partial charge is 0.276 e. The third-order valence-electron chi connectivity index (χ3n) is 2.55. The van der Waals surface area contributed by atoms with Gasteiger partial charge in [0, 0.05) is 18.1 Å². The number of hydrogen-bond acceptors (Lipinski definition) is 7. The monoisotopic (exact) mass is 321 g/mol. The first-order valence-corrected chi connectivity index (χ1v) is 7.30. The number of nitrogens with one attached hydrogen (secondary N) is 1. The van der Waals surface area contributed by atoms with Crippen LogP contribution in [0.5, 0.6) is 0 Å². The highest BCUT2D eigenvalue weighted by Gasteiger charge is 2.15. The summed E-state index contributed by atoms with van der Waals surface area (Å²) in [6, 6.07) is 4.99. The fraction of sp³-hybridized carbons (Fsp3) is 0. The van der Waals surface area contributed by atoms with Crippen LogP contribution in [-0.4, -0.2) is 30.3 Å². The minimum Gasteiger partial charge on any atom is -0.543 e. The van der Waals surface area contributed by atoms with Crippen molar-refractivity contribution in [3.05, 3.63) is 48.0 Å². The molecule has 0 saturated heterocycles. The van der Waals surface area contributed by atoms with Crippen LogP contribution in [0.2, 0.25) is 0 Å². The highest BCUT2D eigenvalue weighted by molar-refractivity contribution is 7.89. The van der Waals surface area contributed by atoms with Gasteiger partial charge in [0.2, 0.25) is 10.0 Å². The van der Waals surface area contributed by atoms with Gasteiger partial charge in [-0.25, -0.2) is 18.5 Å². The van der Waals surface area contributed by atoms with Gasteiger partial charge in [0.15, 0.2) is 5.69 Å². The lowest BCUT2D eigenvalue weighted by molar-refractivity contribution is -0.255. The number of carbonyl (C=O) groups excluding carboxylic acids is 2. The van der Waals surface area contributed by atoms with Crippen molar-refractivity contribution in [3.8, 4) is 0 Å². The van der Waals surface area contributed by atoms with Crippen LogP contribution in [0.4, 0.5) is 5.69 Å². The van der Waals surface area contributed by atoms with Gasteiger partial charge >= 0.3 is 0 Å². The van der Waals surface area contributed by atoms with Crippen molar-refractivity contribution in [1.29, 1.82) is 0 Å². The zero-order chi connectivity index (χ0) is 16.3. The number of hydrogen-bond donors (Lipinski definition) is 2. The van der Waals surface area contributed by atoms with Gasteiger partial charge in [0.05, 0.1) is 10.9 Å². The summed E-state index contributed by atoms with van der Waals surface area (Å²) in [7, 11) is -3.84. The molecule has 22 heavy (non-hydrogen) atoms. The molecule has 2 aromatic rings. The maximum atomic E-state index is 12.0. The van der Waals surface area contributed by atoms with Crippen molar-refractivity contribution >= 4 is 27.6 Å². The van der Waals surface area contributed by atoms with Crippen LogP contribution in [0.25, 0.3) is 0 Å². The number of nitrogens with zero attached hydrogens (tertiary/aromatic N) is 2. The number of primary sulfonamides is 1. The first kappa shape index (κ1) is 15.5. The Morgan fingerprint density at radius 3 is 2.09 bits per heavy atom. The minimum atomic E-state index is -3.84. The molecule has 0 atom stereocenters. The molecule has 0 aliphatic carbocycles. The lowest BCUT2D eigenvalue weighted by Crippen LogP contribution is -2.28. The number of carboxylic acids is 1. The van der Waals surface area contributed by atoms with Crippen molar-refractivity contribution in [2.75, 3.05) is 5.32 Å². The van der Waals surface area contributed by atoms with Crippen LogP contribution < -0.4 is 15.6 Å². The average Bonchev–Trinajstić information content (AvgIpc) is 2.46. The fourth-order valence-electron chi connectivity index (χ4n) is 1.57. The molecule has 0 aliphatic rings. The van der Waals surface area contributed by atoms with E-state index in [1.54, 1.807) is 0 Å². The molecule has 114 valence electrons. The number of aromatic nitrogens is 2. The Morgan fingerprint density at radius 1 is 1.05 bits per heavy atom. The second kappa shape index (κ2) is 5.87. The van der Waals surface area contributed by atoms with Gasteiger partial charge in [0.25, 0.3) is 5.91 Å². The van der Waals surface area contributed by atoms with Gasteiger partial charge in [-0.15, -0.1) is 0 Å². The summed E-state index contributed by atoms with van der Waals surface area (Å²) in [5.41, 5.74) is -0.786. The summed E-state index contributed by atoms with van der Waals surface area (Å²) in [5, 5.41) is 18.2. The summed E-state index contributed by atoms with van der Waals surface area (Å²) in [6.07, 6.45) is 2.27. The number of benzene rings is 1. The highest BCUT2D eigenvalue weighted by atomic mass is 32.2. The maximum Gasteiger partial charge on any atom is 0.276 e. The molecule has 1 aromatic carbocycles. The van der Waals surface area contributed by atoms with E-state index in [-0.39, 0.29) is 10.6 Å². The second-order valence-electron chi connectivity index (χ2n) is 4.06. The normalized spacial score (nSPS) is 11.0. The zero-order valence-corrected chi connectivity index (χ0v) is 11.7. The van der Waals surface area contributed by atoms with E-state index in [9.17, 15) is 23.1 Å². The van der Waals surface area contributed by atoms with E-state index in [4.69, 9.17) is 5.14 Å². The van der Waals surface area contributed by atoms with E-state index in [2.05, 4.69) is 15.3 Å². The van der Waals surface area contributed by atoms with Crippen LogP contribution in [0.15, 0.2) is 41.6 Å². The molecule has 0 saturated carbocycles. The summed E-state index contributed by atoms with van der Waals surface area (Å²) < 4.78 is 22.2. The van der Waals surface area contributed by atoms with Gasteiger partial charge in [-0.05, 0) is 24.3 Å². The lowest BCUT2D eigenvalue weighted by atomic mass is 10.2.